The Kier molecular flexibility index (Phi) is 5.50. The fraction of sp³-hybridized carbons (Fsp3) is 0.706. The first-order chi connectivity index (χ1) is 11.9. The van der Waals surface area contributed by atoms with E-state index in [0.29, 0.717) is 44.6 Å². The van der Waals surface area contributed by atoms with Crippen LogP contribution in [0, 0.1) is 11.8 Å². The first kappa shape index (κ1) is 18.4. The number of piperidine rings is 1. The molecule has 140 valence electrons. The van der Waals surface area contributed by atoms with Crippen molar-refractivity contribution < 1.29 is 17.6 Å². The highest BCUT2D eigenvalue weighted by atomic mass is 32.2. The van der Waals surface area contributed by atoms with Gasteiger partial charge in [-0.15, -0.1) is 0 Å². The molecule has 0 aliphatic carbocycles. The van der Waals surface area contributed by atoms with E-state index in [2.05, 4.69) is 13.8 Å². The third kappa shape index (κ3) is 4.24. The third-order valence-corrected chi connectivity index (χ3v) is 6.92. The average Bonchev–Trinajstić information content (AvgIpc) is 3.09. The van der Waals surface area contributed by atoms with Crippen LogP contribution < -0.4 is 0 Å². The molecule has 2 aliphatic rings. The van der Waals surface area contributed by atoms with Gasteiger partial charge in [-0.2, -0.15) is 4.31 Å². The van der Waals surface area contributed by atoms with Crippen LogP contribution in [0.25, 0.3) is 0 Å². The van der Waals surface area contributed by atoms with Gasteiger partial charge in [-0.1, -0.05) is 13.8 Å². The third-order valence-electron chi connectivity index (χ3n) is 5.04. The van der Waals surface area contributed by atoms with Gasteiger partial charge in [0, 0.05) is 39.3 Å². The van der Waals surface area contributed by atoms with Crippen LogP contribution in [-0.4, -0.2) is 74.2 Å². The highest BCUT2D eigenvalue weighted by molar-refractivity contribution is 7.89. The molecule has 0 N–H and O–H groups in total. The Morgan fingerprint density at radius 3 is 2.36 bits per heavy atom. The first-order valence-corrected chi connectivity index (χ1v) is 10.3. The highest BCUT2D eigenvalue weighted by Crippen LogP contribution is 2.22. The maximum Gasteiger partial charge on any atom is 0.246 e. The molecule has 0 saturated carbocycles. The van der Waals surface area contributed by atoms with Crippen LogP contribution in [0.4, 0.5) is 0 Å². The van der Waals surface area contributed by atoms with Crippen LogP contribution in [0.15, 0.2) is 27.9 Å². The van der Waals surface area contributed by atoms with Gasteiger partial charge >= 0.3 is 0 Å². The van der Waals surface area contributed by atoms with E-state index in [4.69, 9.17) is 4.42 Å². The van der Waals surface area contributed by atoms with E-state index < -0.39 is 10.0 Å². The fourth-order valence-electron chi connectivity index (χ4n) is 3.83. The van der Waals surface area contributed by atoms with Crippen LogP contribution in [0.1, 0.15) is 20.3 Å². The summed E-state index contributed by atoms with van der Waals surface area (Å²) in [5, 5.41) is 0. The molecule has 0 bridgehead atoms. The Hall–Kier alpha value is -1.38. The highest BCUT2D eigenvalue weighted by Gasteiger charge is 2.31. The van der Waals surface area contributed by atoms with Crippen molar-refractivity contribution in [2.24, 2.45) is 11.8 Å². The van der Waals surface area contributed by atoms with Crippen molar-refractivity contribution in [2.45, 2.75) is 25.2 Å². The molecule has 3 heterocycles. The Morgan fingerprint density at radius 2 is 1.80 bits per heavy atom. The largest absolute Gasteiger partial charge is 0.471 e. The van der Waals surface area contributed by atoms with E-state index in [9.17, 15) is 13.2 Å². The SMILES string of the molecule is CC1CC(C)CN(C(=O)CN2CCN(S(=O)(=O)c3ccoc3)CC2)C1. The van der Waals surface area contributed by atoms with E-state index in [0.717, 1.165) is 13.1 Å². The van der Waals surface area contributed by atoms with Crippen LogP contribution in [-0.2, 0) is 14.8 Å². The number of piperazine rings is 1. The summed E-state index contributed by atoms with van der Waals surface area (Å²) in [5.74, 6) is 1.25. The summed E-state index contributed by atoms with van der Waals surface area (Å²) in [6, 6.07) is 1.46. The average molecular weight is 369 g/mol. The van der Waals surface area contributed by atoms with E-state index >= 15 is 0 Å². The van der Waals surface area contributed by atoms with Crippen molar-refractivity contribution in [3.63, 3.8) is 0 Å². The number of sulfonamides is 1. The van der Waals surface area contributed by atoms with E-state index in [1.807, 2.05) is 9.80 Å². The van der Waals surface area contributed by atoms with E-state index in [-0.39, 0.29) is 10.8 Å². The molecule has 1 amide bonds. The molecular weight excluding hydrogens is 342 g/mol. The molecule has 1 aromatic rings. The summed E-state index contributed by atoms with van der Waals surface area (Å²) in [6.45, 7) is 8.35. The van der Waals surface area contributed by atoms with Crippen LogP contribution in [0.5, 0.6) is 0 Å². The number of hydrogen-bond acceptors (Lipinski definition) is 5. The van der Waals surface area contributed by atoms with Gasteiger partial charge in [0.05, 0.1) is 12.8 Å². The number of carbonyl (C=O) groups excluding carboxylic acids is 1. The predicted molar refractivity (Wildman–Crippen MR) is 93.4 cm³/mol. The van der Waals surface area contributed by atoms with Crippen molar-refractivity contribution in [3.05, 3.63) is 18.6 Å². The minimum absolute atomic E-state index is 0.157. The number of furan rings is 1. The first-order valence-electron chi connectivity index (χ1n) is 8.88. The number of rotatable bonds is 4. The number of amides is 1. The minimum Gasteiger partial charge on any atom is -0.471 e. The normalized spacial score (nSPS) is 26.7. The zero-order chi connectivity index (χ0) is 18.0. The molecule has 2 unspecified atom stereocenters. The second kappa shape index (κ2) is 7.47. The topological polar surface area (TPSA) is 74.1 Å². The molecular formula is C17H27N3O4S. The Labute approximate surface area is 149 Å². The maximum atomic E-state index is 12.6. The summed E-state index contributed by atoms with van der Waals surface area (Å²) < 4.78 is 31.3. The molecule has 7 nitrogen and oxygen atoms in total. The predicted octanol–water partition coefficient (Wildman–Crippen LogP) is 1.09. The summed E-state index contributed by atoms with van der Waals surface area (Å²) in [6.07, 6.45) is 3.79. The fourth-order valence-corrected chi connectivity index (χ4v) is 5.18. The lowest BCUT2D eigenvalue weighted by atomic mass is 9.92. The van der Waals surface area contributed by atoms with Gasteiger partial charge in [-0.25, -0.2) is 8.42 Å². The minimum atomic E-state index is -3.49. The number of nitrogens with zero attached hydrogens (tertiary/aromatic N) is 3. The number of hydrogen-bond donors (Lipinski definition) is 0. The molecule has 0 spiro atoms. The van der Waals surface area contributed by atoms with Crippen LogP contribution in [0.2, 0.25) is 0 Å². The van der Waals surface area contributed by atoms with Gasteiger partial charge in [-0.3, -0.25) is 9.69 Å². The zero-order valence-electron chi connectivity index (χ0n) is 14.9. The molecule has 25 heavy (non-hydrogen) atoms. The molecule has 1 aromatic heterocycles. The molecule has 2 fully saturated rings. The smallest absolute Gasteiger partial charge is 0.246 e. The lowest BCUT2D eigenvalue weighted by Crippen LogP contribution is -2.52. The quantitative estimate of drug-likeness (QED) is 0.794. The molecule has 8 heteroatoms. The van der Waals surface area contributed by atoms with Crippen LogP contribution in [0.3, 0.4) is 0 Å². The molecule has 2 atom stereocenters. The van der Waals surface area contributed by atoms with Gasteiger partial charge in [0.25, 0.3) is 0 Å². The van der Waals surface area contributed by atoms with E-state index in [1.165, 1.54) is 29.3 Å². The summed E-state index contributed by atoms with van der Waals surface area (Å²) in [7, 11) is -3.49. The molecule has 2 saturated heterocycles. The van der Waals surface area contributed by atoms with Crippen molar-refractivity contribution >= 4 is 15.9 Å². The van der Waals surface area contributed by atoms with Crippen molar-refractivity contribution in [3.8, 4) is 0 Å². The second-order valence-electron chi connectivity index (χ2n) is 7.38. The lowest BCUT2D eigenvalue weighted by Gasteiger charge is -2.38. The molecule has 3 rings (SSSR count). The van der Waals surface area contributed by atoms with Gasteiger partial charge in [0.1, 0.15) is 11.2 Å². The summed E-state index contributed by atoms with van der Waals surface area (Å²) in [4.78, 5) is 16.8. The maximum absolute atomic E-state index is 12.6. The van der Waals surface area contributed by atoms with Crippen molar-refractivity contribution in [1.29, 1.82) is 0 Å². The summed E-state index contributed by atoms with van der Waals surface area (Å²) >= 11 is 0. The second-order valence-corrected chi connectivity index (χ2v) is 9.32. The van der Waals surface area contributed by atoms with Gasteiger partial charge < -0.3 is 9.32 Å². The van der Waals surface area contributed by atoms with Crippen molar-refractivity contribution in [2.75, 3.05) is 45.8 Å². The van der Waals surface area contributed by atoms with Gasteiger partial charge in [0.2, 0.25) is 15.9 Å². The molecule has 0 radical (unpaired) electrons. The molecule has 0 aromatic carbocycles. The lowest BCUT2D eigenvalue weighted by molar-refractivity contribution is -0.135. The Bertz CT molecular complexity index is 671. The van der Waals surface area contributed by atoms with Gasteiger partial charge in [0.15, 0.2) is 0 Å². The number of likely N-dealkylation sites (tertiary alicyclic amines) is 1. The molecule has 2 aliphatic heterocycles. The van der Waals surface area contributed by atoms with Crippen molar-refractivity contribution in [1.82, 2.24) is 14.1 Å². The Morgan fingerprint density at radius 1 is 1.16 bits per heavy atom. The standard InChI is InChI=1S/C17H27N3O4S/c1-14-9-15(2)11-19(10-14)17(21)12-18-4-6-20(7-5-18)25(22,23)16-3-8-24-13-16/h3,8,13-15H,4-7,9-12H2,1-2H3. The monoisotopic (exact) mass is 369 g/mol. The van der Waals surface area contributed by atoms with Crippen LogP contribution >= 0.6 is 0 Å². The zero-order valence-corrected chi connectivity index (χ0v) is 15.7. The van der Waals surface area contributed by atoms with E-state index in [1.54, 1.807) is 0 Å². The number of carbonyl (C=O) groups is 1. The van der Waals surface area contributed by atoms with Gasteiger partial charge in [-0.05, 0) is 24.3 Å². The summed E-state index contributed by atoms with van der Waals surface area (Å²) in [5.41, 5.74) is 0. The Balaban J connectivity index is 1.52.